The number of nitrogens with one attached hydrogen (secondary N) is 2. The molecule has 0 bridgehead atoms. The van der Waals surface area contributed by atoms with Gasteiger partial charge < -0.3 is 5.32 Å². The molecule has 0 fully saturated rings. The number of amides is 3. The molecule has 146 valence electrons. The molecule has 0 spiro atoms. The number of carbonyl (C=O) groups is 2. The lowest BCUT2D eigenvalue weighted by atomic mass is 10.1. The highest BCUT2D eigenvalue weighted by molar-refractivity contribution is 7.17. The second kappa shape index (κ2) is 7.55. The average molecular weight is 398 g/mol. The molecule has 0 unspecified atom stereocenters. The Morgan fingerprint density at radius 3 is 2.50 bits per heavy atom. The van der Waals surface area contributed by atoms with Crippen LogP contribution >= 0.6 is 11.3 Å². The van der Waals surface area contributed by atoms with Gasteiger partial charge in [0.1, 0.15) is 11.4 Å². The molecule has 0 atom stereocenters. The summed E-state index contributed by atoms with van der Waals surface area (Å²) in [6.45, 7) is 7.13. The van der Waals surface area contributed by atoms with Crippen LogP contribution in [-0.4, -0.2) is 27.0 Å². The van der Waals surface area contributed by atoms with Gasteiger partial charge in [0, 0.05) is 16.5 Å². The second-order valence-electron chi connectivity index (χ2n) is 7.63. The molecule has 8 heteroatoms. The first-order chi connectivity index (χ1) is 13.1. The van der Waals surface area contributed by atoms with Crippen LogP contribution in [0.2, 0.25) is 0 Å². The highest BCUT2D eigenvalue weighted by atomic mass is 32.1. The molecule has 2 aromatic heterocycles. The lowest BCUT2D eigenvalue weighted by Gasteiger charge is -2.20. The first kappa shape index (κ1) is 19.8. The first-order valence-corrected chi connectivity index (χ1v) is 9.68. The van der Waals surface area contributed by atoms with Gasteiger partial charge in [-0.3, -0.25) is 19.5 Å². The quantitative estimate of drug-likeness (QED) is 0.709. The molecule has 0 radical (unpaired) electrons. The maximum Gasteiger partial charge on any atom is 0.321 e. The van der Waals surface area contributed by atoms with Gasteiger partial charge in [0.2, 0.25) is 5.91 Å². The molecule has 7 nitrogen and oxygen atoms in total. The summed E-state index contributed by atoms with van der Waals surface area (Å²) in [7, 11) is 0. The number of hydrogen-bond acceptors (Lipinski definition) is 5. The fourth-order valence-electron chi connectivity index (χ4n) is 2.72. The van der Waals surface area contributed by atoms with Crippen LogP contribution in [0.1, 0.15) is 26.3 Å². The zero-order chi connectivity index (χ0) is 20.5. The second-order valence-corrected chi connectivity index (χ2v) is 8.48. The number of nitrogens with zero attached hydrogens (tertiary/aromatic N) is 2. The van der Waals surface area contributed by atoms with E-state index in [4.69, 9.17) is 0 Å². The van der Waals surface area contributed by atoms with E-state index < -0.39 is 17.5 Å². The standard InChI is InChI=1S/C20H22N4O3S/c1-12-5-7-13(8-6-12)14-10-28-17-16(14)18(26)24(11-21-17)9-15(25)22-19(27)23-20(2,3)4/h5-8,10-11H,9H2,1-4H3,(H2,22,23,25,27). The summed E-state index contributed by atoms with van der Waals surface area (Å²) >= 11 is 1.38. The van der Waals surface area contributed by atoms with Crippen LogP contribution in [0.15, 0.2) is 40.8 Å². The van der Waals surface area contributed by atoms with E-state index in [1.165, 1.54) is 22.2 Å². The van der Waals surface area contributed by atoms with Gasteiger partial charge in [-0.25, -0.2) is 9.78 Å². The van der Waals surface area contributed by atoms with Crippen molar-refractivity contribution in [3.05, 3.63) is 51.9 Å². The molecule has 3 rings (SSSR count). The number of rotatable bonds is 3. The fraction of sp³-hybridized carbons (Fsp3) is 0.300. The number of aromatic nitrogens is 2. The minimum atomic E-state index is -0.601. The predicted octanol–water partition coefficient (Wildman–Crippen LogP) is 3.06. The molecule has 28 heavy (non-hydrogen) atoms. The van der Waals surface area contributed by atoms with Crippen molar-refractivity contribution in [1.82, 2.24) is 20.2 Å². The van der Waals surface area contributed by atoms with E-state index in [0.717, 1.165) is 16.7 Å². The van der Waals surface area contributed by atoms with Crippen molar-refractivity contribution in [3.8, 4) is 11.1 Å². The van der Waals surface area contributed by atoms with Crippen molar-refractivity contribution < 1.29 is 9.59 Å². The largest absolute Gasteiger partial charge is 0.333 e. The molecule has 2 heterocycles. The minimum Gasteiger partial charge on any atom is -0.333 e. The number of urea groups is 1. The van der Waals surface area contributed by atoms with Crippen molar-refractivity contribution in [2.75, 3.05) is 0 Å². The smallest absolute Gasteiger partial charge is 0.321 e. The van der Waals surface area contributed by atoms with Crippen molar-refractivity contribution in [3.63, 3.8) is 0 Å². The van der Waals surface area contributed by atoms with Gasteiger partial charge in [0.05, 0.1) is 11.7 Å². The molecule has 0 saturated carbocycles. The maximum atomic E-state index is 12.9. The summed E-state index contributed by atoms with van der Waals surface area (Å²) in [6.07, 6.45) is 1.33. The number of carbonyl (C=O) groups excluding carboxylic acids is 2. The van der Waals surface area contributed by atoms with Gasteiger partial charge in [-0.2, -0.15) is 0 Å². The van der Waals surface area contributed by atoms with Crippen LogP contribution in [0.25, 0.3) is 21.3 Å². The van der Waals surface area contributed by atoms with E-state index in [-0.39, 0.29) is 12.1 Å². The Morgan fingerprint density at radius 2 is 1.86 bits per heavy atom. The normalized spacial score (nSPS) is 11.4. The molecule has 0 aliphatic carbocycles. The van der Waals surface area contributed by atoms with Crippen LogP contribution < -0.4 is 16.2 Å². The number of hydrogen-bond donors (Lipinski definition) is 2. The van der Waals surface area contributed by atoms with Gasteiger partial charge in [-0.15, -0.1) is 11.3 Å². The van der Waals surface area contributed by atoms with Crippen LogP contribution in [-0.2, 0) is 11.3 Å². The molecular formula is C20H22N4O3S. The Bertz CT molecular complexity index is 1090. The van der Waals surface area contributed by atoms with E-state index in [1.54, 1.807) is 0 Å². The van der Waals surface area contributed by atoms with E-state index in [0.29, 0.717) is 10.2 Å². The molecule has 0 aliphatic heterocycles. The Morgan fingerprint density at radius 1 is 1.18 bits per heavy atom. The molecule has 1 aromatic carbocycles. The SMILES string of the molecule is Cc1ccc(-c2csc3ncn(CC(=O)NC(=O)NC(C)(C)C)c(=O)c23)cc1. The first-order valence-electron chi connectivity index (χ1n) is 8.80. The lowest BCUT2D eigenvalue weighted by molar-refractivity contribution is -0.120. The topological polar surface area (TPSA) is 93.1 Å². The van der Waals surface area contributed by atoms with Crippen LogP contribution in [0, 0.1) is 6.92 Å². The van der Waals surface area contributed by atoms with Crippen molar-refractivity contribution in [2.45, 2.75) is 39.8 Å². The number of fused-ring (bicyclic) bond motifs is 1. The average Bonchev–Trinajstić information content (AvgIpc) is 3.01. The van der Waals surface area contributed by atoms with Crippen molar-refractivity contribution in [2.24, 2.45) is 0 Å². The summed E-state index contributed by atoms with van der Waals surface area (Å²) < 4.78 is 1.21. The van der Waals surface area contributed by atoms with Gasteiger partial charge in [-0.05, 0) is 33.3 Å². The van der Waals surface area contributed by atoms with Gasteiger partial charge >= 0.3 is 6.03 Å². The predicted molar refractivity (Wildman–Crippen MR) is 110 cm³/mol. The Hall–Kier alpha value is -3.00. The highest BCUT2D eigenvalue weighted by Crippen LogP contribution is 2.30. The minimum absolute atomic E-state index is 0.289. The molecule has 3 amide bonds. The van der Waals surface area contributed by atoms with Crippen LogP contribution in [0.4, 0.5) is 4.79 Å². The van der Waals surface area contributed by atoms with Crippen LogP contribution in [0.3, 0.4) is 0 Å². The molecule has 0 saturated heterocycles. The van der Waals surface area contributed by atoms with E-state index in [2.05, 4.69) is 15.6 Å². The van der Waals surface area contributed by atoms with Crippen LogP contribution in [0.5, 0.6) is 0 Å². The zero-order valence-corrected chi connectivity index (χ0v) is 17.0. The third-order valence-electron chi connectivity index (χ3n) is 3.98. The maximum absolute atomic E-state index is 12.9. The summed E-state index contributed by atoms with van der Waals surface area (Å²) in [5, 5.41) is 7.24. The van der Waals surface area contributed by atoms with E-state index >= 15 is 0 Å². The lowest BCUT2D eigenvalue weighted by Crippen LogP contribution is -2.49. The van der Waals surface area contributed by atoms with Gasteiger partial charge in [0.15, 0.2) is 0 Å². The van der Waals surface area contributed by atoms with Crippen molar-refractivity contribution >= 4 is 33.5 Å². The Balaban J connectivity index is 1.87. The fourth-order valence-corrected chi connectivity index (χ4v) is 3.63. The summed E-state index contributed by atoms with van der Waals surface area (Å²) in [5.41, 5.74) is 2.05. The highest BCUT2D eigenvalue weighted by Gasteiger charge is 2.18. The third-order valence-corrected chi connectivity index (χ3v) is 4.87. The summed E-state index contributed by atoms with van der Waals surface area (Å²) in [5.74, 6) is -0.586. The Kier molecular flexibility index (Phi) is 5.33. The molecular weight excluding hydrogens is 376 g/mol. The van der Waals surface area contributed by atoms with Gasteiger partial charge in [0.25, 0.3) is 5.56 Å². The Labute approximate surface area is 166 Å². The monoisotopic (exact) mass is 398 g/mol. The molecule has 0 aliphatic rings. The summed E-state index contributed by atoms with van der Waals surface area (Å²) in [4.78, 5) is 41.9. The van der Waals surface area contributed by atoms with E-state index in [1.807, 2.05) is 57.3 Å². The number of thiophene rings is 1. The zero-order valence-electron chi connectivity index (χ0n) is 16.2. The van der Waals surface area contributed by atoms with Crippen molar-refractivity contribution in [1.29, 1.82) is 0 Å². The number of imide groups is 1. The summed E-state index contributed by atoms with van der Waals surface area (Å²) in [6, 6.07) is 7.27. The third kappa shape index (κ3) is 4.45. The number of aryl methyl sites for hydroxylation is 1. The number of benzene rings is 1. The molecule has 3 aromatic rings. The van der Waals surface area contributed by atoms with E-state index in [9.17, 15) is 14.4 Å². The molecule has 2 N–H and O–H groups in total. The van der Waals surface area contributed by atoms with Gasteiger partial charge in [-0.1, -0.05) is 29.8 Å².